The van der Waals surface area contributed by atoms with Gasteiger partial charge in [0.1, 0.15) is 6.61 Å². The standard InChI is InChI=1S/C18H22N2O/c1-2-6-16(7-3-1)14-17-8-9-18(19-15-17)21-13-12-20-10-4-5-11-20/h1-3,6-9,15H,4-5,10-14H2. The van der Waals surface area contributed by atoms with Crippen LogP contribution >= 0.6 is 0 Å². The minimum atomic E-state index is 0.727. The molecule has 0 N–H and O–H groups in total. The summed E-state index contributed by atoms with van der Waals surface area (Å²) in [5.74, 6) is 0.728. The minimum Gasteiger partial charge on any atom is -0.476 e. The van der Waals surface area contributed by atoms with E-state index in [9.17, 15) is 0 Å². The number of nitrogens with zero attached hydrogens (tertiary/aromatic N) is 2. The maximum absolute atomic E-state index is 5.72. The first-order chi connectivity index (χ1) is 10.4. The molecule has 0 unspecified atom stereocenters. The Labute approximate surface area is 126 Å². The van der Waals surface area contributed by atoms with Crippen LogP contribution in [0.2, 0.25) is 0 Å². The quantitative estimate of drug-likeness (QED) is 0.814. The van der Waals surface area contributed by atoms with Gasteiger partial charge in [-0.2, -0.15) is 0 Å². The molecular formula is C18H22N2O. The maximum Gasteiger partial charge on any atom is 0.213 e. The molecule has 0 spiro atoms. The molecular weight excluding hydrogens is 260 g/mol. The zero-order chi connectivity index (χ0) is 14.3. The van der Waals surface area contributed by atoms with Gasteiger partial charge in [-0.1, -0.05) is 36.4 Å². The van der Waals surface area contributed by atoms with Crippen LogP contribution in [0.1, 0.15) is 24.0 Å². The van der Waals surface area contributed by atoms with Crippen molar-refractivity contribution in [3.8, 4) is 5.88 Å². The Bertz CT molecular complexity index is 533. The Morgan fingerprint density at radius 3 is 2.48 bits per heavy atom. The van der Waals surface area contributed by atoms with Gasteiger partial charge in [-0.25, -0.2) is 4.98 Å². The highest BCUT2D eigenvalue weighted by Crippen LogP contribution is 2.12. The number of pyridine rings is 1. The average molecular weight is 282 g/mol. The molecule has 110 valence electrons. The molecule has 21 heavy (non-hydrogen) atoms. The van der Waals surface area contributed by atoms with E-state index in [0.717, 1.165) is 25.5 Å². The van der Waals surface area contributed by atoms with Gasteiger partial charge in [-0.15, -0.1) is 0 Å². The van der Waals surface area contributed by atoms with Crippen LogP contribution in [0, 0.1) is 0 Å². The van der Waals surface area contributed by atoms with Gasteiger partial charge >= 0.3 is 0 Å². The van der Waals surface area contributed by atoms with E-state index in [2.05, 4.69) is 40.2 Å². The fourth-order valence-corrected chi connectivity index (χ4v) is 2.72. The third-order valence-corrected chi connectivity index (χ3v) is 3.90. The molecule has 3 nitrogen and oxygen atoms in total. The van der Waals surface area contributed by atoms with Crippen molar-refractivity contribution in [3.05, 3.63) is 59.8 Å². The Morgan fingerprint density at radius 1 is 0.952 bits per heavy atom. The molecule has 0 aliphatic carbocycles. The third kappa shape index (κ3) is 4.30. The average Bonchev–Trinajstić information content (AvgIpc) is 3.03. The fourth-order valence-electron chi connectivity index (χ4n) is 2.72. The SMILES string of the molecule is c1ccc(Cc2ccc(OCCN3CCCC3)nc2)cc1. The van der Waals surface area contributed by atoms with Crippen LogP contribution in [0.25, 0.3) is 0 Å². The molecule has 1 fully saturated rings. The number of likely N-dealkylation sites (tertiary alicyclic amines) is 1. The first-order valence-electron chi connectivity index (χ1n) is 7.74. The number of ether oxygens (including phenoxy) is 1. The molecule has 1 saturated heterocycles. The molecule has 1 aromatic heterocycles. The molecule has 0 bridgehead atoms. The van der Waals surface area contributed by atoms with Crippen LogP contribution < -0.4 is 4.74 Å². The molecule has 2 heterocycles. The van der Waals surface area contributed by atoms with Gasteiger partial charge in [-0.05, 0) is 43.5 Å². The van der Waals surface area contributed by atoms with Crippen molar-refractivity contribution < 1.29 is 4.74 Å². The summed E-state index contributed by atoms with van der Waals surface area (Å²) in [6.45, 7) is 4.16. The first kappa shape index (κ1) is 14.1. The zero-order valence-corrected chi connectivity index (χ0v) is 12.4. The lowest BCUT2D eigenvalue weighted by molar-refractivity contribution is 0.232. The van der Waals surface area contributed by atoms with Crippen molar-refractivity contribution in [1.82, 2.24) is 9.88 Å². The number of hydrogen-bond acceptors (Lipinski definition) is 3. The molecule has 3 heteroatoms. The Balaban J connectivity index is 1.47. The summed E-state index contributed by atoms with van der Waals surface area (Å²) in [4.78, 5) is 6.85. The van der Waals surface area contributed by atoms with Gasteiger partial charge in [0.25, 0.3) is 0 Å². The van der Waals surface area contributed by atoms with Crippen molar-refractivity contribution in [2.24, 2.45) is 0 Å². The van der Waals surface area contributed by atoms with E-state index in [4.69, 9.17) is 4.74 Å². The summed E-state index contributed by atoms with van der Waals surface area (Å²) in [6.07, 6.45) is 5.49. The summed E-state index contributed by atoms with van der Waals surface area (Å²) in [5.41, 5.74) is 2.52. The lowest BCUT2D eigenvalue weighted by Gasteiger charge is -2.14. The van der Waals surface area contributed by atoms with Crippen molar-refractivity contribution in [2.45, 2.75) is 19.3 Å². The van der Waals surface area contributed by atoms with Crippen LogP contribution in [-0.2, 0) is 6.42 Å². The Hall–Kier alpha value is -1.87. The van der Waals surface area contributed by atoms with Crippen molar-refractivity contribution >= 4 is 0 Å². The third-order valence-electron chi connectivity index (χ3n) is 3.90. The second kappa shape index (κ2) is 7.23. The van der Waals surface area contributed by atoms with Crippen molar-refractivity contribution in [2.75, 3.05) is 26.2 Å². The Morgan fingerprint density at radius 2 is 1.76 bits per heavy atom. The summed E-state index contributed by atoms with van der Waals surface area (Å²) in [5, 5.41) is 0. The van der Waals surface area contributed by atoms with Crippen LogP contribution in [0.5, 0.6) is 5.88 Å². The topological polar surface area (TPSA) is 25.4 Å². The molecule has 1 aliphatic rings. The van der Waals surface area contributed by atoms with Gasteiger partial charge < -0.3 is 4.74 Å². The van der Waals surface area contributed by atoms with E-state index >= 15 is 0 Å². The lowest BCUT2D eigenvalue weighted by atomic mass is 10.1. The zero-order valence-electron chi connectivity index (χ0n) is 12.4. The summed E-state index contributed by atoms with van der Waals surface area (Å²) in [7, 11) is 0. The highest BCUT2D eigenvalue weighted by molar-refractivity contribution is 5.26. The van der Waals surface area contributed by atoms with Gasteiger partial charge in [0.2, 0.25) is 5.88 Å². The number of aromatic nitrogens is 1. The van der Waals surface area contributed by atoms with Gasteiger partial charge in [0.15, 0.2) is 0 Å². The highest BCUT2D eigenvalue weighted by atomic mass is 16.5. The predicted molar refractivity (Wildman–Crippen MR) is 84.7 cm³/mol. The molecule has 0 saturated carbocycles. The van der Waals surface area contributed by atoms with E-state index in [-0.39, 0.29) is 0 Å². The summed E-state index contributed by atoms with van der Waals surface area (Å²) < 4.78 is 5.72. The van der Waals surface area contributed by atoms with E-state index in [1.807, 2.05) is 18.3 Å². The molecule has 2 aromatic rings. The molecule has 0 amide bonds. The van der Waals surface area contributed by atoms with E-state index in [1.54, 1.807) is 0 Å². The lowest BCUT2D eigenvalue weighted by Crippen LogP contribution is -2.25. The normalized spacial score (nSPS) is 15.2. The van der Waals surface area contributed by atoms with Crippen molar-refractivity contribution in [1.29, 1.82) is 0 Å². The molecule has 1 aliphatic heterocycles. The highest BCUT2D eigenvalue weighted by Gasteiger charge is 2.10. The summed E-state index contributed by atoms with van der Waals surface area (Å²) in [6, 6.07) is 14.5. The number of hydrogen-bond donors (Lipinski definition) is 0. The van der Waals surface area contributed by atoms with E-state index < -0.39 is 0 Å². The smallest absolute Gasteiger partial charge is 0.213 e. The van der Waals surface area contributed by atoms with Crippen LogP contribution in [0.15, 0.2) is 48.7 Å². The van der Waals surface area contributed by atoms with Crippen molar-refractivity contribution in [3.63, 3.8) is 0 Å². The number of benzene rings is 1. The molecule has 0 atom stereocenters. The summed E-state index contributed by atoms with van der Waals surface area (Å²) >= 11 is 0. The first-order valence-corrected chi connectivity index (χ1v) is 7.74. The fraction of sp³-hybridized carbons (Fsp3) is 0.389. The molecule has 3 rings (SSSR count). The van der Waals surface area contributed by atoms with Crippen LogP contribution in [0.3, 0.4) is 0 Å². The van der Waals surface area contributed by atoms with Crippen LogP contribution in [-0.4, -0.2) is 36.1 Å². The maximum atomic E-state index is 5.72. The van der Waals surface area contributed by atoms with E-state index in [1.165, 1.54) is 37.1 Å². The van der Waals surface area contributed by atoms with Gasteiger partial charge in [-0.3, -0.25) is 4.90 Å². The number of rotatable bonds is 6. The van der Waals surface area contributed by atoms with Gasteiger partial charge in [0, 0.05) is 18.8 Å². The second-order valence-electron chi connectivity index (χ2n) is 5.56. The Kier molecular flexibility index (Phi) is 4.85. The predicted octanol–water partition coefficient (Wildman–Crippen LogP) is 3.15. The van der Waals surface area contributed by atoms with E-state index in [0.29, 0.717) is 0 Å². The molecule has 0 radical (unpaired) electrons. The molecule has 1 aromatic carbocycles. The minimum absolute atomic E-state index is 0.727. The van der Waals surface area contributed by atoms with Gasteiger partial charge in [0.05, 0.1) is 0 Å². The van der Waals surface area contributed by atoms with Crippen LogP contribution in [0.4, 0.5) is 0 Å². The second-order valence-corrected chi connectivity index (χ2v) is 5.56. The monoisotopic (exact) mass is 282 g/mol. The largest absolute Gasteiger partial charge is 0.476 e.